The molecule has 0 aliphatic carbocycles. The summed E-state index contributed by atoms with van der Waals surface area (Å²) in [6.45, 7) is 4.85. The van der Waals surface area contributed by atoms with Gasteiger partial charge in [-0.1, -0.05) is 18.2 Å². The molecular formula is C25H33N3O4. The van der Waals surface area contributed by atoms with Crippen LogP contribution in [0.25, 0.3) is 0 Å². The molecule has 0 saturated carbocycles. The smallest absolute Gasteiger partial charge is 0.248 e. The van der Waals surface area contributed by atoms with Gasteiger partial charge in [-0.25, -0.2) is 0 Å². The quantitative estimate of drug-likeness (QED) is 0.649. The Morgan fingerprint density at radius 1 is 1.22 bits per heavy atom. The summed E-state index contributed by atoms with van der Waals surface area (Å²) < 4.78 is 11.0. The molecule has 7 heteroatoms. The van der Waals surface area contributed by atoms with E-state index in [0.29, 0.717) is 31.8 Å². The first-order valence-electron chi connectivity index (χ1n) is 11.1. The van der Waals surface area contributed by atoms with E-state index in [0.717, 1.165) is 42.0 Å². The Morgan fingerprint density at radius 3 is 2.75 bits per heavy atom. The molecule has 0 aromatic heterocycles. The van der Waals surface area contributed by atoms with Crippen LogP contribution in [0.5, 0.6) is 11.5 Å². The number of likely N-dealkylation sites (N-methyl/N-ethyl adjacent to an activating group) is 1. The first kappa shape index (κ1) is 23.6. The zero-order valence-corrected chi connectivity index (χ0v) is 19.2. The maximum atomic E-state index is 13.0. The number of piperidine rings is 1. The number of ether oxygens (including phenoxy) is 2. The maximum Gasteiger partial charge on any atom is 0.248 e. The number of primary amides is 1. The fourth-order valence-electron chi connectivity index (χ4n) is 4.18. The standard InChI is InChI=1S/C25H33N3O4/c1-4-32-23-14-22(31-3)11-10-21(23)15-27(2)17-24(29)28-12-6-9-20(16-28)18-7-5-8-19(13-18)25(26)30/h5,7-8,10-11,13-14,20H,4,6,9,12,15-17H2,1-3H3,(H2,26,30). The first-order chi connectivity index (χ1) is 15.4. The van der Waals surface area contributed by atoms with Crippen molar-refractivity contribution < 1.29 is 19.1 Å². The Bertz CT molecular complexity index is 947. The van der Waals surface area contributed by atoms with Crippen LogP contribution < -0.4 is 15.2 Å². The number of likely N-dealkylation sites (tertiary alicyclic amines) is 1. The lowest BCUT2D eigenvalue weighted by molar-refractivity contribution is -0.133. The predicted molar refractivity (Wildman–Crippen MR) is 124 cm³/mol. The molecule has 32 heavy (non-hydrogen) atoms. The van der Waals surface area contributed by atoms with Gasteiger partial charge < -0.3 is 20.1 Å². The maximum absolute atomic E-state index is 13.0. The number of nitrogens with two attached hydrogens (primary N) is 1. The van der Waals surface area contributed by atoms with Crippen LogP contribution in [0.1, 0.15) is 47.2 Å². The molecule has 1 saturated heterocycles. The van der Waals surface area contributed by atoms with Crippen molar-refractivity contribution in [2.75, 3.05) is 40.4 Å². The van der Waals surface area contributed by atoms with Crippen molar-refractivity contribution in [1.82, 2.24) is 9.80 Å². The van der Waals surface area contributed by atoms with Gasteiger partial charge in [-0.05, 0) is 50.6 Å². The molecule has 3 rings (SSSR count). The fraction of sp³-hybridized carbons (Fsp3) is 0.440. The summed E-state index contributed by atoms with van der Waals surface area (Å²) in [6.07, 6.45) is 1.93. The molecule has 1 fully saturated rings. The monoisotopic (exact) mass is 439 g/mol. The van der Waals surface area contributed by atoms with Gasteiger partial charge in [0.2, 0.25) is 11.8 Å². The second-order valence-corrected chi connectivity index (χ2v) is 8.25. The molecule has 1 aliphatic heterocycles. The lowest BCUT2D eigenvalue weighted by atomic mass is 9.89. The predicted octanol–water partition coefficient (Wildman–Crippen LogP) is 3.03. The topological polar surface area (TPSA) is 85.1 Å². The van der Waals surface area contributed by atoms with Gasteiger partial charge in [0.15, 0.2) is 0 Å². The summed E-state index contributed by atoms with van der Waals surface area (Å²) in [4.78, 5) is 28.5. The number of methoxy groups -OCH3 is 1. The number of nitrogens with zero attached hydrogens (tertiary/aromatic N) is 2. The Morgan fingerprint density at radius 2 is 2.03 bits per heavy atom. The zero-order chi connectivity index (χ0) is 23.1. The van der Waals surface area contributed by atoms with Crippen LogP contribution in [0.15, 0.2) is 42.5 Å². The van der Waals surface area contributed by atoms with Crippen molar-refractivity contribution in [1.29, 1.82) is 0 Å². The van der Waals surface area contributed by atoms with Crippen molar-refractivity contribution in [3.05, 3.63) is 59.2 Å². The van der Waals surface area contributed by atoms with Gasteiger partial charge in [0.1, 0.15) is 11.5 Å². The van der Waals surface area contributed by atoms with E-state index in [1.165, 1.54) is 0 Å². The highest BCUT2D eigenvalue weighted by atomic mass is 16.5. The third-order valence-corrected chi connectivity index (χ3v) is 5.84. The van der Waals surface area contributed by atoms with E-state index in [-0.39, 0.29) is 11.8 Å². The number of hydrogen-bond donors (Lipinski definition) is 1. The largest absolute Gasteiger partial charge is 0.497 e. The Hall–Kier alpha value is -3.06. The van der Waals surface area contributed by atoms with Crippen molar-refractivity contribution in [3.8, 4) is 11.5 Å². The molecule has 1 heterocycles. The van der Waals surface area contributed by atoms with Crippen LogP contribution in [0.4, 0.5) is 0 Å². The number of rotatable bonds is 9. The lowest BCUT2D eigenvalue weighted by Gasteiger charge is -2.34. The second kappa shape index (κ2) is 11.0. The second-order valence-electron chi connectivity index (χ2n) is 8.25. The van der Waals surface area contributed by atoms with E-state index >= 15 is 0 Å². The zero-order valence-electron chi connectivity index (χ0n) is 19.2. The van der Waals surface area contributed by atoms with E-state index < -0.39 is 5.91 Å². The van der Waals surface area contributed by atoms with E-state index in [9.17, 15) is 9.59 Å². The van der Waals surface area contributed by atoms with Crippen LogP contribution in [-0.2, 0) is 11.3 Å². The molecule has 1 unspecified atom stereocenters. The number of amides is 2. The van der Waals surface area contributed by atoms with Crippen molar-refractivity contribution in [2.24, 2.45) is 5.73 Å². The Labute approximate surface area is 190 Å². The Kier molecular flexibility index (Phi) is 8.11. The van der Waals surface area contributed by atoms with Crippen LogP contribution >= 0.6 is 0 Å². The highest BCUT2D eigenvalue weighted by Crippen LogP contribution is 2.28. The molecule has 0 radical (unpaired) electrons. The minimum atomic E-state index is -0.429. The molecule has 0 spiro atoms. The van der Waals surface area contributed by atoms with Crippen LogP contribution in [0.2, 0.25) is 0 Å². The Balaban J connectivity index is 1.62. The van der Waals surface area contributed by atoms with E-state index in [1.807, 2.05) is 60.2 Å². The number of carbonyl (C=O) groups is 2. The van der Waals surface area contributed by atoms with Crippen molar-refractivity contribution >= 4 is 11.8 Å². The average molecular weight is 440 g/mol. The first-order valence-corrected chi connectivity index (χ1v) is 11.1. The van der Waals surface area contributed by atoms with E-state index in [4.69, 9.17) is 15.2 Å². The van der Waals surface area contributed by atoms with Gasteiger partial charge in [-0.15, -0.1) is 0 Å². The normalized spacial score (nSPS) is 16.1. The summed E-state index contributed by atoms with van der Waals surface area (Å²) in [5.41, 5.74) is 8.01. The highest BCUT2D eigenvalue weighted by Gasteiger charge is 2.26. The minimum absolute atomic E-state index is 0.106. The minimum Gasteiger partial charge on any atom is -0.497 e. The van der Waals surface area contributed by atoms with Crippen LogP contribution in [-0.4, -0.2) is 62.0 Å². The van der Waals surface area contributed by atoms with Gasteiger partial charge in [-0.3, -0.25) is 14.5 Å². The molecule has 0 bridgehead atoms. The van der Waals surface area contributed by atoms with E-state index in [1.54, 1.807) is 13.2 Å². The summed E-state index contributed by atoms with van der Waals surface area (Å²) in [5, 5.41) is 0. The van der Waals surface area contributed by atoms with Gasteiger partial charge in [0, 0.05) is 42.7 Å². The van der Waals surface area contributed by atoms with E-state index in [2.05, 4.69) is 0 Å². The third kappa shape index (κ3) is 6.01. The SMILES string of the molecule is CCOc1cc(OC)ccc1CN(C)CC(=O)N1CCCC(c2cccc(C(N)=O)c2)C1. The number of hydrogen-bond acceptors (Lipinski definition) is 5. The van der Waals surface area contributed by atoms with Gasteiger partial charge >= 0.3 is 0 Å². The van der Waals surface area contributed by atoms with Gasteiger partial charge in [0.05, 0.1) is 20.3 Å². The molecule has 1 aliphatic rings. The summed E-state index contributed by atoms with van der Waals surface area (Å²) in [6, 6.07) is 13.2. The molecule has 172 valence electrons. The third-order valence-electron chi connectivity index (χ3n) is 5.84. The molecule has 2 N–H and O–H groups in total. The molecule has 2 aromatic rings. The molecule has 2 aromatic carbocycles. The van der Waals surface area contributed by atoms with Crippen LogP contribution in [0, 0.1) is 0 Å². The van der Waals surface area contributed by atoms with Crippen LogP contribution in [0.3, 0.4) is 0 Å². The summed E-state index contributed by atoms with van der Waals surface area (Å²) in [5.74, 6) is 1.41. The molecule has 1 atom stereocenters. The fourth-order valence-corrected chi connectivity index (χ4v) is 4.18. The molecule has 7 nitrogen and oxygen atoms in total. The van der Waals surface area contributed by atoms with Crippen molar-refractivity contribution in [3.63, 3.8) is 0 Å². The summed E-state index contributed by atoms with van der Waals surface area (Å²) >= 11 is 0. The van der Waals surface area contributed by atoms with Gasteiger partial charge in [0.25, 0.3) is 0 Å². The highest BCUT2D eigenvalue weighted by molar-refractivity contribution is 5.92. The summed E-state index contributed by atoms with van der Waals surface area (Å²) in [7, 11) is 3.57. The lowest BCUT2D eigenvalue weighted by Crippen LogP contribution is -2.43. The average Bonchev–Trinajstić information content (AvgIpc) is 2.80. The molecular weight excluding hydrogens is 406 g/mol. The number of benzene rings is 2. The molecule has 2 amide bonds. The van der Waals surface area contributed by atoms with Crippen molar-refractivity contribution in [2.45, 2.75) is 32.2 Å². The number of carbonyl (C=O) groups excluding carboxylic acids is 2. The van der Waals surface area contributed by atoms with Gasteiger partial charge in [-0.2, -0.15) is 0 Å².